The van der Waals surface area contributed by atoms with Crippen molar-refractivity contribution in [3.8, 4) is 0 Å². The van der Waals surface area contributed by atoms with Crippen LogP contribution in [0.5, 0.6) is 0 Å². The van der Waals surface area contributed by atoms with Crippen molar-refractivity contribution in [3.05, 3.63) is 96.8 Å². The van der Waals surface area contributed by atoms with Gasteiger partial charge in [0.1, 0.15) is 0 Å². The van der Waals surface area contributed by atoms with E-state index < -0.39 is 12.0 Å². The quantitative estimate of drug-likeness (QED) is 0.291. The van der Waals surface area contributed by atoms with Crippen LogP contribution < -0.4 is 14.9 Å². The summed E-state index contributed by atoms with van der Waals surface area (Å²) in [6, 6.07) is 15.5. The van der Waals surface area contributed by atoms with Crippen LogP contribution in [0.2, 0.25) is 0 Å². The van der Waals surface area contributed by atoms with E-state index in [0.29, 0.717) is 20.6 Å². The van der Waals surface area contributed by atoms with Crippen molar-refractivity contribution >= 4 is 46.0 Å². The second-order valence-electron chi connectivity index (χ2n) is 9.02. The Kier molecular flexibility index (Phi) is 6.49. The molecule has 0 spiro atoms. The molecular weight excluding hydrogens is 490 g/mol. The molecular formula is C28H27N3O3S2. The number of esters is 1. The number of fused-ring (bicyclic) bond motifs is 2. The van der Waals surface area contributed by atoms with Gasteiger partial charge in [-0.15, -0.1) is 11.8 Å². The van der Waals surface area contributed by atoms with Gasteiger partial charge in [0.2, 0.25) is 0 Å². The smallest absolute Gasteiger partial charge is 0.338 e. The molecule has 3 heterocycles. The fourth-order valence-corrected chi connectivity index (χ4v) is 6.04. The first-order chi connectivity index (χ1) is 17.3. The summed E-state index contributed by atoms with van der Waals surface area (Å²) < 4.78 is 9.85. The summed E-state index contributed by atoms with van der Waals surface area (Å²) in [4.78, 5) is 33.5. The van der Waals surface area contributed by atoms with E-state index >= 15 is 0 Å². The molecule has 0 bridgehead atoms. The van der Waals surface area contributed by atoms with Gasteiger partial charge >= 0.3 is 5.97 Å². The Morgan fingerprint density at radius 3 is 2.58 bits per heavy atom. The Bertz CT molecular complexity index is 1690. The lowest BCUT2D eigenvalue weighted by Crippen LogP contribution is -2.40. The third-order valence-corrected chi connectivity index (χ3v) is 7.96. The topological polar surface area (TPSA) is 65.6 Å². The first-order valence-electron chi connectivity index (χ1n) is 11.7. The predicted octanol–water partition coefficient (Wildman–Crippen LogP) is 4.40. The number of carbonyl (C=O) groups is 1. The highest BCUT2D eigenvalue weighted by atomic mass is 32.2. The van der Waals surface area contributed by atoms with Crippen LogP contribution in [0.25, 0.3) is 17.0 Å². The number of aromatic nitrogens is 2. The van der Waals surface area contributed by atoms with Crippen LogP contribution in [0.3, 0.4) is 0 Å². The van der Waals surface area contributed by atoms with Crippen molar-refractivity contribution in [1.82, 2.24) is 9.13 Å². The summed E-state index contributed by atoms with van der Waals surface area (Å²) >= 11 is 2.98. The van der Waals surface area contributed by atoms with Gasteiger partial charge in [0, 0.05) is 34.6 Å². The molecule has 2 aromatic carbocycles. The molecule has 2 aromatic heterocycles. The van der Waals surface area contributed by atoms with E-state index in [1.54, 1.807) is 16.3 Å². The maximum absolute atomic E-state index is 13.9. The normalized spacial score (nSPS) is 15.9. The number of nitrogens with zero attached hydrogens (tertiary/aromatic N) is 3. The molecule has 0 aliphatic carbocycles. The van der Waals surface area contributed by atoms with E-state index in [2.05, 4.69) is 21.7 Å². The van der Waals surface area contributed by atoms with Gasteiger partial charge in [-0.25, -0.2) is 9.79 Å². The molecule has 1 aliphatic rings. The van der Waals surface area contributed by atoms with Crippen LogP contribution >= 0.6 is 23.1 Å². The van der Waals surface area contributed by atoms with Crippen LogP contribution in [-0.2, 0) is 16.6 Å². The van der Waals surface area contributed by atoms with Crippen molar-refractivity contribution in [1.29, 1.82) is 0 Å². The number of hydrogen-bond acceptors (Lipinski definition) is 6. The SMILES string of the molecule is CSc1ccc([C@@H]2C(C(=O)OC(C)C)=C(C)N=c3s/c(=C\c4cn(C)c5ccccc45)c(=O)n32)cc1. The van der Waals surface area contributed by atoms with Gasteiger partial charge in [0.15, 0.2) is 4.80 Å². The maximum Gasteiger partial charge on any atom is 0.338 e. The number of carbonyl (C=O) groups excluding carboxylic acids is 1. The summed E-state index contributed by atoms with van der Waals surface area (Å²) in [5.74, 6) is -0.450. The highest BCUT2D eigenvalue weighted by Crippen LogP contribution is 2.32. The van der Waals surface area contributed by atoms with E-state index in [1.807, 2.05) is 82.7 Å². The Morgan fingerprint density at radius 2 is 1.89 bits per heavy atom. The zero-order chi connectivity index (χ0) is 25.6. The van der Waals surface area contributed by atoms with Gasteiger partial charge in [0.05, 0.1) is 27.9 Å². The van der Waals surface area contributed by atoms with Crippen molar-refractivity contribution < 1.29 is 9.53 Å². The molecule has 36 heavy (non-hydrogen) atoms. The second kappa shape index (κ2) is 9.59. The van der Waals surface area contributed by atoms with Gasteiger partial charge in [-0.2, -0.15) is 0 Å². The molecule has 0 saturated carbocycles. The van der Waals surface area contributed by atoms with Gasteiger partial charge in [-0.3, -0.25) is 9.36 Å². The number of hydrogen-bond donors (Lipinski definition) is 0. The van der Waals surface area contributed by atoms with E-state index in [1.165, 1.54) is 11.3 Å². The highest BCUT2D eigenvalue weighted by molar-refractivity contribution is 7.98. The molecule has 1 aliphatic heterocycles. The molecule has 0 amide bonds. The van der Waals surface area contributed by atoms with E-state index in [9.17, 15) is 9.59 Å². The minimum absolute atomic E-state index is 0.173. The molecule has 0 radical (unpaired) electrons. The lowest BCUT2D eigenvalue weighted by atomic mass is 9.96. The lowest BCUT2D eigenvalue weighted by molar-refractivity contribution is -0.143. The third-order valence-electron chi connectivity index (χ3n) is 6.23. The Hall–Kier alpha value is -3.36. The summed E-state index contributed by atoms with van der Waals surface area (Å²) in [6.07, 6.45) is 5.68. The van der Waals surface area contributed by atoms with Crippen LogP contribution in [-0.4, -0.2) is 27.5 Å². The third kappa shape index (κ3) is 4.24. The molecule has 5 rings (SSSR count). The zero-order valence-corrected chi connectivity index (χ0v) is 22.4. The lowest BCUT2D eigenvalue weighted by Gasteiger charge is -2.25. The number of para-hydroxylation sites is 1. The standard InChI is InChI=1S/C28H27N3O3S2/c1-16(2)34-27(33)24-17(3)29-28-31(25(24)18-10-12-20(35-5)13-11-18)26(32)23(36-28)14-19-15-30(4)22-9-7-6-8-21(19)22/h6-16,25H,1-5H3/b23-14-/t25-/m1/s1. The summed E-state index contributed by atoms with van der Waals surface area (Å²) in [5, 5.41) is 1.08. The van der Waals surface area contributed by atoms with Gasteiger partial charge in [-0.1, -0.05) is 41.7 Å². The van der Waals surface area contributed by atoms with Crippen molar-refractivity contribution in [2.45, 2.75) is 37.8 Å². The molecule has 184 valence electrons. The maximum atomic E-state index is 13.9. The first kappa shape index (κ1) is 24.3. The van der Waals surface area contributed by atoms with Crippen molar-refractivity contribution in [3.63, 3.8) is 0 Å². The molecule has 4 aromatic rings. The Balaban J connectivity index is 1.73. The van der Waals surface area contributed by atoms with E-state index in [0.717, 1.165) is 26.9 Å². The minimum Gasteiger partial charge on any atom is -0.459 e. The summed E-state index contributed by atoms with van der Waals surface area (Å²) in [7, 11) is 2.00. The van der Waals surface area contributed by atoms with E-state index in [-0.39, 0.29) is 11.7 Å². The van der Waals surface area contributed by atoms with E-state index in [4.69, 9.17) is 4.74 Å². The average Bonchev–Trinajstić information content (AvgIpc) is 3.34. The molecule has 0 unspecified atom stereocenters. The Labute approximate surface area is 217 Å². The largest absolute Gasteiger partial charge is 0.459 e. The fraction of sp³-hybridized carbons (Fsp3) is 0.250. The molecule has 0 saturated heterocycles. The molecule has 8 heteroatoms. The number of rotatable bonds is 5. The number of thiazole rings is 1. The van der Waals surface area contributed by atoms with Crippen LogP contribution in [0.15, 0.2) is 80.7 Å². The van der Waals surface area contributed by atoms with Crippen LogP contribution in [0.1, 0.15) is 37.9 Å². The molecule has 1 atom stereocenters. The second-order valence-corrected chi connectivity index (χ2v) is 10.9. The summed E-state index contributed by atoms with van der Waals surface area (Å²) in [5.41, 5.74) is 3.69. The van der Waals surface area contributed by atoms with Crippen LogP contribution in [0, 0.1) is 0 Å². The number of thioether (sulfide) groups is 1. The fourth-order valence-electron chi connectivity index (χ4n) is 4.59. The monoisotopic (exact) mass is 517 g/mol. The number of aryl methyl sites for hydroxylation is 1. The molecule has 0 fully saturated rings. The summed E-state index contributed by atoms with van der Waals surface area (Å²) in [6.45, 7) is 5.44. The predicted molar refractivity (Wildman–Crippen MR) is 146 cm³/mol. The minimum atomic E-state index is -0.613. The molecule has 6 nitrogen and oxygen atoms in total. The van der Waals surface area contributed by atoms with Crippen molar-refractivity contribution in [2.24, 2.45) is 12.0 Å². The first-order valence-corrected chi connectivity index (χ1v) is 13.7. The molecule has 0 N–H and O–H groups in total. The number of benzene rings is 2. The average molecular weight is 518 g/mol. The number of ether oxygens (including phenoxy) is 1. The number of allylic oxidation sites excluding steroid dienone is 1. The Morgan fingerprint density at radius 1 is 1.17 bits per heavy atom. The van der Waals surface area contributed by atoms with Gasteiger partial charge < -0.3 is 9.30 Å². The highest BCUT2D eigenvalue weighted by Gasteiger charge is 2.33. The van der Waals surface area contributed by atoms with Gasteiger partial charge in [0.25, 0.3) is 5.56 Å². The van der Waals surface area contributed by atoms with Crippen LogP contribution in [0.4, 0.5) is 0 Å². The van der Waals surface area contributed by atoms with Gasteiger partial charge in [-0.05, 0) is 56.9 Å². The van der Waals surface area contributed by atoms with Crippen molar-refractivity contribution in [2.75, 3.05) is 6.26 Å². The zero-order valence-electron chi connectivity index (χ0n) is 20.8.